The van der Waals surface area contributed by atoms with Crippen LogP contribution in [0.5, 0.6) is 0 Å². The van der Waals surface area contributed by atoms with Gasteiger partial charge in [-0.3, -0.25) is 0 Å². The predicted octanol–water partition coefficient (Wildman–Crippen LogP) is 3.07. The van der Waals surface area contributed by atoms with E-state index in [1.165, 1.54) is 0 Å². The summed E-state index contributed by atoms with van der Waals surface area (Å²) in [4.78, 5) is 12.0. The van der Waals surface area contributed by atoms with Crippen LogP contribution in [0.1, 0.15) is 11.1 Å². The van der Waals surface area contributed by atoms with Crippen LogP contribution in [0.4, 0.5) is 4.79 Å². The van der Waals surface area contributed by atoms with E-state index in [9.17, 15) is 4.79 Å². The lowest BCUT2D eigenvalue weighted by Gasteiger charge is -2.15. The maximum Gasteiger partial charge on any atom is 0.407 e. The van der Waals surface area contributed by atoms with Gasteiger partial charge in [0.2, 0.25) is 0 Å². The van der Waals surface area contributed by atoms with Gasteiger partial charge in [-0.15, -0.1) is 0 Å². The average Bonchev–Trinajstić information content (AvgIpc) is 2.60. The summed E-state index contributed by atoms with van der Waals surface area (Å²) in [7, 11) is 0. The van der Waals surface area contributed by atoms with E-state index in [4.69, 9.17) is 9.84 Å². The Labute approximate surface area is 136 Å². The third-order valence-corrected chi connectivity index (χ3v) is 3.29. The van der Waals surface area contributed by atoms with Gasteiger partial charge < -0.3 is 15.2 Å². The molecule has 0 heterocycles. The molecule has 0 spiro atoms. The van der Waals surface area contributed by atoms with Crippen molar-refractivity contribution in [3.63, 3.8) is 0 Å². The molecule has 1 atom stereocenters. The monoisotopic (exact) mass is 311 g/mol. The van der Waals surface area contributed by atoms with Crippen LogP contribution in [0.3, 0.4) is 0 Å². The van der Waals surface area contributed by atoms with Gasteiger partial charge in [0.05, 0.1) is 12.6 Å². The van der Waals surface area contributed by atoms with Crippen molar-refractivity contribution in [1.82, 2.24) is 5.32 Å². The van der Waals surface area contributed by atoms with Gasteiger partial charge in [0.25, 0.3) is 0 Å². The average molecular weight is 311 g/mol. The predicted molar refractivity (Wildman–Crippen MR) is 89.9 cm³/mol. The first-order valence-corrected chi connectivity index (χ1v) is 7.56. The lowest BCUT2D eigenvalue weighted by atomic mass is 10.1. The molecule has 0 fully saturated rings. The maximum absolute atomic E-state index is 12.0. The fraction of sp³-hybridized carbons (Fsp3) is 0.211. The summed E-state index contributed by atoms with van der Waals surface area (Å²) in [5.41, 5.74) is 2.04. The molecular formula is C19H21NO3. The molecule has 2 aromatic carbocycles. The number of rotatable bonds is 7. The molecule has 0 saturated heterocycles. The Morgan fingerprint density at radius 2 is 1.65 bits per heavy atom. The number of hydrogen-bond acceptors (Lipinski definition) is 3. The third kappa shape index (κ3) is 6.36. The van der Waals surface area contributed by atoms with Gasteiger partial charge in [0.1, 0.15) is 6.61 Å². The zero-order chi connectivity index (χ0) is 16.3. The van der Waals surface area contributed by atoms with Gasteiger partial charge in [0.15, 0.2) is 0 Å². The minimum Gasteiger partial charge on any atom is -0.445 e. The quantitative estimate of drug-likeness (QED) is 0.773. The van der Waals surface area contributed by atoms with E-state index in [0.29, 0.717) is 6.42 Å². The van der Waals surface area contributed by atoms with Crippen molar-refractivity contribution < 1.29 is 14.6 Å². The summed E-state index contributed by atoms with van der Waals surface area (Å²) < 4.78 is 5.23. The molecule has 0 aliphatic carbocycles. The second-order valence-corrected chi connectivity index (χ2v) is 5.11. The highest BCUT2D eigenvalue weighted by Gasteiger charge is 2.11. The number of benzene rings is 2. The fourth-order valence-electron chi connectivity index (χ4n) is 2.18. The number of hydrogen-bond donors (Lipinski definition) is 2. The highest BCUT2D eigenvalue weighted by atomic mass is 16.5. The highest BCUT2D eigenvalue weighted by Crippen LogP contribution is 2.06. The Bertz CT molecular complexity index is 611. The summed E-state index contributed by atoms with van der Waals surface area (Å²) >= 11 is 0. The fourth-order valence-corrected chi connectivity index (χ4v) is 2.18. The number of carbonyl (C=O) groups excluding carboxylic acids is 1. The highest BCUT2D eigenvalue weighted by molar-refractivity contribution is 5.68. The van der Waals surface area contributed by atoms with E-state index < -0.39 is 6.09 Å². The first-order chi connectivity index (χ1) is 11.3. The number of aliphatic hydroxyl groups is 1. The van der Waals surface area contributed by atoms with Crippen molar-refractivity contribution in [2.45, 2.75) is 19.1 Å². The van der Waals surface area contributed by atoms with Gasteiger partial charge in [0, 0.05) is 0 Å². The van der Waals surface area contributed by atoms with Crippen LogP contribution >= 0.6 is 0 Å². The molecule has 4 nitrogen and oxygen atoms in total. The van der Waals surface area contributed by atoms with E-state index in [2.05, 4.69) is 5.32 Å². The Hall–Kier alpha value is -2.59. The van der Waals surface area contributed by atoms with E-state index in [1.54, 1.807) is 12.2 Å². The maximum atomic E-state index is 12.0. The molecular weight excluding hydrogens is 290 g/mol. The minimum atomic E-state index is -0.475. The molecule has 23 heavy (non-hydrogen) atoms. The van der Waals surface area contributed by atoms with Crippen molar-refractivity contribution in [2.75, 3.05) is 6.61 Å². The Morgan fingerprint density at radius 3 is 2.26 bits per heavy atom. The van der Waals surface area contributed by atoms with Crippen molar-refractivity contribution in [1.29, 1.82) is 0 Å². The number of amides is 1. The Balaban J connectivity index is 1.89. The second-order valence-electron chi connectivity index (χ2n) is 5.11. The summed E-state index contributed by atoms with van der Waals surface area (Å²) in [6.45, 7) is 0.167. The zero-order valence-corrected chi connectivity index (χ0v) is 12.9. The summed E-state index contributed by atoms with van der Waals surface area (Å²) in [5.74, 6) is 0. The van der Waals surface area contributed by atoms with E-state index >= 15 is 0 Å². The molecule has 0 aliphatic heterocycles. The van der Waals surface area contributed by atoms with E-state index in [1.807, 2.05) is 60.7 Å². The first kappa shape index (κ1) is 16.8. The largest absolute Gasteiger partial charge is 0.445 e. The molecule has 0 bridgehead atoms. The summed E-state index contributed by atoms with van der Waals surface area (Å²) in [5, 5.41) is 11.7. The first-order valence-electron chi connectivity index (χ1n) is 7.56. The molecule has 0 radical (unpaired) electrons. The molecule has 2 aromatic rings. The SMILES string of the molecule is O=C(N[C@H](C=CCO)Cc1ccccc1)OCc1ccccc1. The van der Waals surface area contributed by atoms with Gasteiger partial charge in [-0.25, -0.2) is 4.79 Å². The molecule has 1 amide bonds. The number of ether oxygens (including phenoxy) is 1. The van der Waals surface area contributed by atoms with E-state index in [-0.39, 0.29) is 19.3 Å². The van der Waals surface area contributed by atoms with Crippen LogP contribution < -0.4 is 5.32 Å². The summed E-state index contributed by atoms with van der Waals surface area (Å²) in [6, 6.07) is 19.1. The third-order valence-electron chi connectivity index (χ3n) is 3.29. The van der Waals surface area contributed by atoms with Crippen molar-refractivity contribution in [3.8, 4) is 0 Å². The molecule has 2 N–H and O–H groups in total. The normalized spacial score (nSPS) is 12.0. The van der Waals surface area contributed by atoms with Crippen molar-refractivity contribution in [3.05, 3.63) is 83.9 Å². The number of aliphatic hydroxyl groups excluding tert-OH is 1. The van der Waals surface area contributed by atoms with Crippen LogP contribution in [0.25, 0.3) is 0 Å². The topological polar surface area (TPSA) is 58.6 Å². The molecule has 2 rings (SSSR count). The lowest BCUT2D eigenvalue weighted by Crippen LogP contribution is -2.35. The molecule has 120 valence electrons. The zero-order valence-electron chi connectivity index (χ0n) is 12.9. The second kappa shape index (κ2) is 9.43. The van der Waals surface area contributed by atoms with Crippen molar-refractivity contribution >= 4 is 6.09 Å². The Kier molecular flexibility index (Phi) is 6.88. The van der Waals surface area contributed by atoms with Crippen LogP contribution in [-0.4, -0.2) is 23.8 Å². The standard InChI is InChI=1S/C19H21NO3/c21-13-7-12-18(14-16-8-3-1-4-9-16)20-19(22)23-15-17-10-5-2-6-11-17/h1-12,18,21H,13-15H2,(H,20,22)/t18-/m1/s1. The Morgan fingerprint density at radius 1 is 1.04 bits per heavy atom. The van der Waals surface area contributed by atoms with Crippen molar-refractivity contribution in [2.24, 2.45) is 0 Å². The smallest absolute Gasteiger partial charge is 0.407 e. The summed E-state index contributed by atoms with van der Waals surface area (Å²) in [6.07, 6.45) is 3.55. The van der Waals surface area contributed by atoms with Gasteiger partial charge in [-0.1, -0.05) is 72.8 Å². The van der Waals surface area contributed by atoms with Crippen LogP contribution in [0.2, 0.25) is 0 Å². The number of nitrogens with one attached hydrogen (secondary N) is 1. The van der Waals surface area contributed by atoms with Crippen LogP contribution in [0, 0.1) is 0 Å². The van der Waals surface area contributed by atoms with E-state index in [0.717, 1.165) is 11.1 Å². The molecule has 0 aliphatic rings. The molecule has 4 heteroatoms. The molecule has 0 aromatic heterocycles. The lowest BCUT2D eigenvalue weighted by molar-refractivity contribution is 0.137. The van der Waals surface area contributed by atoms with Gasteiger partial charge in [-0.05, 0) is 17.5 Å². The number of carbonyl (C=O) groups is 1. The number of alkyl carbamates (subject to hydrolysis) is 1. The van der Waals surface area contributed by atoms with Crippen LogP contribution in [0.15, 0.2) is 72.8 Å². The molecule has 0 unspecified atom stereocenters. The van der Waals surface area contributed by atoms with Crippen LogP contribution in [-0.2, 0) is 17.8 Å². The molecule has 0 saturated carbocycles. The van der Waals surface area contributed by atoms with Gasteiger partial charge in [-0.2, -0.15) is 0 Å². The van der Waals surface area contributed by atoms with Gasteiger partial charge >= 0.3 is 6.09 Å². The minimum absolute atomic E-state index is 0.0635.